The Morgan fingerprint density at radius 1 is 0.365 bits per heavy atom. The van der Waals surface area contributed by atoms with Gasteiger partial charge in [0.25, 0.3) is 0 Å². The molecule has 0 aliphatic carbocycles. The quantitative estimate of drug-likeness (QED) is 0.0770. The summed E-state index contributed by atoms with van der Waals surface area (Å²) in [6.45, 7) is 4.11. The first-order chi connectivity index (χ1) is 35.8. The molecule has 0 saturated heterocycles. The van der Waals surface area contributed by atoms with Gasteiger partial charge in [-0.05, 0) is 71.3 Å². The number of anilines is 8. The summed E-state index contributed by atoms with van der Waals surface area (Å²) in [4.78, 5) is 25.9. The molecule has 2 aliphatic rings. The van der Waals surface area contributed by atoms with Crippen LogP contribution in [0.1, 0.15) is 0 Å². The van der Waals surface area contributed by atoms with Gasteiger partial charge in [-0.25, -0.2) is 9.97 Å². The average molecular weight is 1320 g/mol. The van der Waals surface area contributed by atoms with Crippen LogP contribution in [0.3, 0.4) is 0 Å². The van der Waals surface area contributed by atoms with Crippen molar-refractivity contribution in [3.8, 4) is 0 Å². The smallest absolute Gasteiger partial charge is 0.124 e. The summed E-state index contributed by atoms with van der Waals surface area (Å²) < 4.78 is 0. The standard InChI is InChI=1S/2C18H13N3.2C13H11N2.2Pt/c2*1-3-8-15(9-4-1)20-14-21(16-10-5-2-6-11-16)18-17(20)12-7-13-19-18;2*1-3-7-12(8-4-1)14-11-15-13-9-5-2-6-10-13;;/h2*1-10,12-14H;2*1-11H;;/q2*-2;2*-1;;. The Hall–Kier alpha value is -8.42. The fraction of sp³-hybridized carbons (Fsp3) is 0. The predicted octanol–water partition coefficient (Wildman–Crippen LogP) is 16.7. The van der Waals surface area contributed by atoms with Crippen LogP contribution in [0.25, 0.3) is 10.6 Å². The Morgan fingerprint density at radius 2 is 0.703 bits per heavy atom. The molecule has 372 valence electrons. The fourth-order valence-electron chi connectivity index (χ4n) is 7.38. The Bertz CT molecular complexity index is 2850. The van der Waals surface area contributed by atoms with Gasteiger partial charge in [0.1, 0.15) is 11.6 Å². The van der Waals surface area contributed by atoms with Crippen LogP contribution in [-0.4, -0.2) is 22.6 Å². The van der Waals surface area contributed by atoms with Gasteiger partial charge in [0, 0.05) is 65.9 Å². The van der Waals surface area contributed by atoms with Crippen molar-refractivity contribution in [2.45, 2.75) is 0 Å². The van der Waals surface area contributed by atoms with Gasteiger partial charge in [-0.1, -0.05) is 170 Å². The van der Waals surface area contributed by atoms with Gasteiger partial charge in [0.2, 0.25) is 0 Å². The first kappa shape index (κ1) is 53.4. The molecule has 0 unspecified atom stereocenters. The van der Waals surface area contributed by atoms with Gasteiger partial charge in [-0.15, -0.1) is 24.7 Å². The van der Waals surface area contributed by atoms with Gasteiger partial charge in [0.05, 0.1) is 11.4 Å². The molecule has 0 saturated carbocycles. The van der Waals surface area contributed by atoms with Crippen LogP contribution in [-0.2, 0) is 42.1 Å². The third-order valence-corrected chi connectivity index (χ3v) is 10.8. The van der Waals surface area contributed by atoms with Crippen molar-refractivity contribution >= 4 is 81.2 Å². The summed E-state index contributed by atoms with van der Waals surface area (Å²) in [5.41, 5.74) is 9.99. The molecular weight excluding hydrogens is 1270 g/mol. The number of rotatable bonds is 10. The van der Waals surface area contributed by atoms with Gasteiger partial charge in [-0.2, -0.15) is 60.7 Å². The average Bonchev–Trinajstić information content (AvgIpc) is 4.06. The number of benzene rings is 8. The van der Waals surface area contributed by atoms with Crippen molar-refractivity contribution in [1.29, 1.82) is 0 Å². The third kappa shape index (κ3) is 14.8. The summed E-state index contributed by atoms with van der Waals surface area (Å²) >= 11 is 0. The molecule has 10 aromatic rings. The zero-order chi connectivity index (χ0) is 48.8. The second-order valence-electron chi connectivity index (χ2n) is 15.7. The number of para-hydroxylation sites is 8. The van der Waals surface area contributed by atoms with Gasteiger partial charge in [0.15, 0.2) is 0 Å². The number of aliphatic imine (C=N–C) groups is 2. The molecule has 12 rings (SSSR count). The summed E-state index contributed by atoms with van der Waals surface area (Å²) in [6.07, 6.45) is 6.78. The van der Waals surface area contributed by atoms with E-state index in [2.05, 4.69) is 112 Å². The Kier molecular flexibility index (Phi) is 20.6. The van der Waals surface area contributed by atoms with Gasteiger partial charge in [-0.3, -0.25) is 0 Å². The zero-order valence-electron chi connectivity index (χ0n) is 39.8. The summed E-state index contributed by atoms with van der Waals surface area (Å²) in [7, 11) is 0. The normalized spacial score (nSPS) is 11.8. The Morgan fingerprint density at radius 3 is 1.05 bits per heavy atom. The van der Waals surface area contributed by atoms with E-state index in [1.54, 1.807) is 12.7 Å². The van der Waals surface area contributed by atoms with Gasteiger partial charge >= 0.3 is 0 Å². The summed E-state index contributed by atoms with van der Waals surface area (Å²) in [5, 5.41) is 8.42. The van der Waals surface area contributed by atoms with Crippen LogP contribution in [0.5, 0.6) is 0 Å². The van der Waals surface area contributed by atoms with Crippen molar-refractivity contribution in [3.05, 3.63) is 303 Å². The number of nitrogens with zero attached hydrogens (tertiary/aromatic N) is 10. The third-order valence-electron chi connectivity index (χ3n) is 10.8. The Balaban J connectivity index is 0.000000145. The summed E-state index contributed by atoms with van der Waals surface area (Å²) in [5.74, 6) is 1.84. The molecule has 8 aromatic carbocycles. The molecule has 12 heteroatoms. The van der Waals surface area contributed by atoms with Crippen molar-refractivity contribution in [2.75, 3.05) is 19.6 Å². The van der Waals surface area contributed by atoms with E-state index in [-0.39, 0.29) is 42.1 Å². The van der Waals surface area contributed by atoms with Crippen LogP contribution < -0.4 is 19.6 Å². The largest absolute Gasteiger partial charge is 0.478 e. The van der Waals surface area contributed by atoms with E-state index in [4.69, 9.17) is 0 Å². The molecule has 0 radical (unpaired) electrons. The van der Waals surface area contributed by atoms with Crippen LogP contribution in [0, 0.1) is 25.5 Å². The maximum atomic E-state index is 4.53. The number of hydrogen-bond acceptors (Lipinski definition) is 8. The van der Waals surface area contributed by atoms with E-state index in [9.17, 15) is 0 Å². The minimum absolute atomic E-state index is 0. The molecule has 2 aliphatic heterocycles. The zero-order valence-corrected chi connectivity index (χ0v) is 44.4. The maximum Gasteiger partial charge on any atom is 0.124 e. The van der Waals surface area contributed by atoms with E-state index in [0.29, 0.717) is 0 Å². The van der Waals surface area contributed by atoms with Crippen LogP contribution in [0.15, 0.2) is 277 Å². The fourth-order valence-corrected chi connectivity index (χ4v) is 7.38. The topological polar surface area (TPSA) is 91.7 Å². The monoisotopic (exact) mass is 1320 g/mol. The molecule has 0 atom stereocenters. The van der Waals surface area contributed by atoms with E-state index in [1.807, 2.05) is 231 Å². The molecule has 0 bridgehead atoms. The molecule has 0 N–H and O–H groups in total. The van der Waals surface area contributed by atoms with Crippen LogP contribution >= 0.6 is 0 Å². The first-order valence-corrected chi connectivity index (χ1v) is 23.2. The molecule has 74 heavy (non-hydrogen) atoms. The molecule has 4 heterocycles. The van der Waals surface area contributed by atoms with E-state index in [1.165, 1.54) is 0 Å². The number of pyridine rings is 2. The van der Waals surface area contributed by atoms with Crippen LogP contribution in [0.4, 0.5) is 68.5 Å². The van der Waals surface area contributed by atoms with Crippen LogP contribution in [0.2, 0.25) is 0 Å². The van der Waals surface area contributed by atoms with Crippen molar-refractivity contribution in [3.63, 3.8) is 0 Å². The second kappa shape index (κ2) is 28.6. The van der Waals surface area contributed by atoms with Crippen molar-refractivity contribution < 1.29 is 42.1 Å². The summed E-state index contributed by atoms with van der Waals surface area (Å²) in [6, 6.07) is 90.0. The van der Waals surface area contributed by atoms with Crippen molar-refractivity contribution in [1.82, 2.24) is 9.97 Å². The molecular formula is C62H48N10Pt2-6. The molecule has 10 nitrogen and oxygen atoms in total. The molecule has 2 aromatic heterocycles. The molecule has 0 fully saturated rings. The van der Waals surface area contributed by atoms with Crippen molar-refractivity contribution in [2.24, 2.45) is 9.98 Å². The minimum Gasteiger partial charge on any atom is -0.478 e. The number of aromatic nitrogens is 2. The van der Waals surface area contributed by atoms with E-state index in [0.717, 1.165) is 68.5 Å². The second-order valence-corrected chi connectivity index (χ2v) is 15.7. The number of fused-ring (bicyclic) bond motifs is 2. The van der Waals surface area contributed by atoms with E-state index >= 15 is 0 Å². The SMILES string of the molecule is C(=Nc1ccccc1)[N-]c1ccccc1.C(=Nc1ccccc1)[N-]c1ccccc1.[Pt].[Pt].[c-]1ccccc1N1[CH-]N(c2ccccc2)c2cccnc21.[c-]1ccccc1N1[CH-]N(c2ccccc2)c2cccnc21. The molecule has 0 amide bonds. The Labute approximate surface area is 463 Å². The first-order valence-electron chi connectivity index (χ1n) is 23.2. The maximum absolute atomic E-state index is 4.53. The molecule has 0 spiro atoms. The number of hydrogen-bond donors (Lipinski definition) is 0. The minimum atomic E-state index is 0. The predicted molar refractivity (Wildman–Crippen MR) is 297 cm³/mol. The van der Waals surface area contributed by atoms with E-state index < -0.39 is 0 Å². The van der Waals surface area contributed by atoms with Gasteiger partial charge < -0.3 is 40.2 Å².